The largest absolute Gasteiger partial charge is 0.493 e. The number of aromatic nitrogens is 2. The molecule has 0 bridgehead atoms. The molecule has 0 N–H and O–H groups in total. The van der Waals surface area contributed by atoms with E-state index in [1.165, 1.54) is 11.8 Å². The van der Waals surface area contributed by atoms with Crippen molar-refractivity contribution in [1.29, 1.82) is 5.26 Å². The number of amides is 1. The monoisotopic (exact) mass is 436 g/mol. The van der Waals surface area contributed by atoms with Crippen molar-refractivity contribution in [2.45, 2.75) is 37.7 Å². The number of hydrogen-bond acceptors (Lipinski definition) is 7. The molecule has 2 aromatic carbocycles. The van der Waals surface area contributed by atoms with Gasteiger partial charge in [-0.25, -0.2) is 0 Å². The normalized spacial score (nSPS) is 11.5. The number of carbonyl (C=O) groups excluding carboxylic acids is 1. The number of anilines is 1. The van der Waals surface area contributed by atoms with Crippen LogP contribution in [0.25, 0.3) is 11.5 Å². The zero-order valence-corrected chi connectivity index (χ0v) is 18.6. The lowest BCUT2D eigenvalue weighted by molar-refractivity contribution is -0.117. The number of hydrogen-bond donors (Lipinski definition) is 0. The molecule has 7 nitrogen and oxygen atoms in total. The van der Waals surface area contributed by atoms with Gasteiger partial charge >= 0.3 is 0 Å². The van der Waals surface area contributed by atoms with Gasteiger partial charge in [0.15, 0.2) is 0 Å². The van der Waals surface area contributed by atoms with E-state index in [1.54, 1.807) is 11.8 Å². The summed E-state index contributed by atoms with van der Waals surface area (Å²) < 4.78 is 11.4. The molecule has 160 valence electrons. The second-order valence-corrected chi connectivity index (χ2v) is 8.09. The third-order valence-corrected chi connectivity index (χ3v) is 5.43. The predicted octanol–water partition coefficient (Wildman–Crippen LogP) is 4.87. The maximum atomic E-state index is 13.1. The molecule has 3 aromatic rings. The third-order valence-electron chi connectivity index (χ3n) is 4.51. The van der Waals surface area contributed by atoms with E-state index < -0.39 is 5.25 Å². The Balaban J connectivity index is 1.76. The highest BCUT2D eigenvalue weighted by molar-refractivity contribution is 8.00. The van der Waals surface area contributed by atoms with E-state index in [0.717, 1.165) is 11.3 Å². The summed E-state index contributed by atoms with van der Waals surface area (Å²) in [5.41, 5.74) is 2.57. The van der Waals surface area contributed by atoms with E-state index in [1.807, 2.05) is 62.4 Å². The van der Waals surface area contributed by atoms with Crippen LogP contribution in [0.5, 0.6) is 5.75 Å². The Morgan fingerprint density at radius 3 is 2.68 bits per heavy atom. The van der Waals surface area contributed by atoms with Crippen LogP contribution in [0.2, 0.25) is 0 Å². The summed E-state index contributed by atoms with van der Waals surface area (Å²) in [4.78, 5) is 14.8. The van der Waals surface area contributed by atoms with Crippen LogP contribution in [0.3, 0.4) is 0 Å². The molecule has 1 atom stereocenters. The first-order valence-corrected chi connectivity index (χ1v) is 10.9. The predicted molar refractivity (Wildman–Crippen MR) is 120 cm³/mol. The number of thioether (sulfide) groups is 1. The van der Waals surface area contributed by atoms with Crippen molar-refractivity contribution in [1.82, 2.24) is 10.2 Å². The number of para-hydroxylation sites is 1. The van der Waals surface area contributed by atoms with Crippen LogP contribution in [-0.2, 0) is 4.79 Å². The van der Waals surface area contributed by atoms with Gasteiger partial charge in [-0.15, -0.1) is 10.2 Å². The fraction of sp³-hybridized carbons (Fsp3) is 0.304. The molecule has 3 rings (SSSR count). The Hall–Kier alpha value is -3.31. The summed E-state index contributed by atoms with van der Waals surface area (Å²) in [5, 5.41) is 17.0. The van der Waals surface area contributed by atoms with E-state index in [0.29, 0.717) is 35.6 Å². The number of aryl methyl sites for hydroxylation is 1. The molecule has 1 amide bonds. The lowest BCUT2D eigenvalue weighted by Crippen LogP contribution is -2.37. The van der Waals surface area contributed by atoms with Gasteiger partial charge in [-0.05, 0) is 45.0 Å². The van der Waals surface area contributed by atoms with Crippen molar-refractivity contribution in [2.24, 2.45) is 0 Å². The molecule has 0 aliphatic rings. The van der Waals surface area contributed by atoms with E-state index in [4.69, 9.17) is 14.4 Å². The first kappa shape index (κ1) is 22.4. The molecule has 0 spiro atoms. The first-order chi connectivity index (χ1) is 15.0. The van der Waals surface area contributed by atoms with Gasteiger partial charge in [-0.2, -0.15) is 5.26 Å². The topological polar surface area (TPSA) is 92.3 Å². The number of nitrogens with zero attached hydrogens (tertiary/aromatic N) is 4. The lowest BCUT2D eigenvalue weighted by atomic mass is 10.2. The summed E-state index contributed by atoms with van der Waals surface area (Å²) in [6, 6.07) is 17.2. The fourth-order valence-electron chi connectivity index (χ4n) is 2.97. The molecular formula is C23H24N4O3S. The smallest absolute Gasteiger partial charge is 0.277 e. The molecule has 0 saturated heterocycles. The van der Waals surface area contributed by atoms with Crippen LogP contribution in [0.4, 0.5) is 5.69 Å². The van der Waals surface area contributed by atoms with Crippen LogP contribution in [0.1, 0.15) is 25.8 Å². The minimum absolute atomic E-state index is 0.126. The Kier molecular flexibility index (Phi) is 7.68. The fourth-order valence-corrected chi connectivity index (χ4v) is 3.71. The number of ether oxygens (including phenoxy) is 1. The van der Waals surface area contributed by atoms with Crippen molar-refractivity contribution >= 4 is 23.4 Å². The Labute approximate surface area is 186 Å². The minimum Gasteiger partial charge on any atom is -0.493 e. The molecule has 0 aliphatic heterocycles. The summed E-state index contributed by atoms with van der Waals surface area (Å²) >= 11 is 1.19. The molecule has 0 fully saturated rings. The zero-order valence-electron chi connectivity index (χ0n) is 17.7. The van der Waals surface area contributed by atoms with Gasteiger partial charge < -0.3 is 14.1 Å². The summed E-state index contributed by atoms with van der Waals surface area (Å²) in [7, 11) is 0. The van der Waals surface area contributed by atoms with Crippen molar-refractivity contribution in [3.05, 3.63) is 54.1 Å². The number of benzene rings is 2. The molecule has 0 radical (unpaired) electrons. The highest BCUT2D eigenvalue weighted by Gasteiger charge is 2.25. The van der Waals surface area contributed by atoms with Crippen LogP contribution < -0.4 is 9.64 Å². The van der Waals surface area contributed by atoms with E-state index >= 15 is 0 Å². The Bertz CT molecular complexity index is 1060. The first-order valence-electron chi connectivity index (χ1n) is 10.0. The molecule has 8 heteroatoms. The highest BCUT2D eigenvalue weighted by Crippen LogP contribution is 2.32. The summed E-state index contributed by atoms with van der Waals surface area (Å²) in [6.07, 6.45) is 0.246. The lowest BCUT2D eigenvalue weighted by Gasteiger charge is -2.24. The average Bonchev–Trinajstić information content (AvgIpc) is 3.24. The molecule has 0 saturated carbocycles. The Morgan fingerprint density at radius 2 is 1.97 bits per heavy atom. The van der Waals surface area contributed by atoms with Gasteiger partial charge in [0, 0.05) is 12.2 Å². The molecule has 1 aromatic heterocycles. The van der Waals surface area contributed by atoms with E-state index in [9.17, 15) is 4.79 Å². The highest BCUT2D eigenvalue weighted by atomic mass is 32.2. The van der Waals surface area contributed by atoms with Gasteiger partial charge in [-0.3, -0.25) is 4.79 Å². The molecule has 1 heterocycles. The number of carbonyl (C=O) groups is 1. The number of rotatable bonds is 9. The van der Waals surface area contributed by atoms with E-state index in [-0.39, 0.29) is 12.3 Å². The average molecular weight is 437 g/mol. The maximum absolute atomic E-state index is 13.1. The third kappa shape index (κ3) is 5.64. The SMILES string of the molecule is CCOc1ccccc1-c1nnc(SC(C)C(=O)N(CCC#N)c2ccc(C)cc2)o1. The second-order valence-electron chi connectivity index (χ2n) is 6.80. The van der Waals surface area contributed by atoms with Gasteiger partial charge in [0.25, 0.3) is 11.1 Å². The van der Waals surface area contributed by atoms with E-state index in [2.05, 4.69) is 16.3 Å². The van der Waals surface area contributed by atoms with Crippen LogP contribution in [0, 0.1) is 18.3 Å². The van der Waals surface area contributed by atoms with Gasteiger partial charge in [0.1, 0.15) is 5.75 Å². The van der Waals surface area contributed by atoms with Gasteiger partial charge in [0.2, 0.25) is 5.91 Å². The molecule has 31 heavy (non-hydrogen) atoms. The summed E-state index contributed by atoms with van der Waals surface area (Å²) in [5.74, 6) is 0.876. The maximum Gasteiger partial charge on any atom is 0.277 e. The second kappa shape index (κ2) is 10.6. The zero-order chi connectivity index (χ0) is 22.2. The summed E-state index contributed by atoms with van der Waals surface area (Å²) in [6.45, 7) is 6.53. The number of nitriles is 1. The van der Waals surface area contributed by atoms with Crippen LogP contribution in [-0.4, -0.2) is 34.5 Å². The molecule has 0 aliphatic carbocycles. The van der Waals surface area contributed by atoms with Gasteiger partial charge in [-0.1, -0.05) is 41.6 Å². The minimum atomic E-state index is -0.476. The quantitative estimate of drug-likeness (QED) is 0.442. The van der Waals surface area contributed by atoms with Crippen molar-refractivity contribution < 1.29 is 13.9 Å². The van der Waals surface area contributed by atoms with Crippen LogP contribution in [0.15, 0.2) is 58.2 Å². The van der Waals surface area contributed by atoms with Crippen molar-refractivity contribution in [3.8, 4) is 23.3 Å². The van der Waals surface area contributed by atoms with Crippen molar-refractivity contribution in [3.63, 3.8) is 0 Å². The molecule has 1 unspecified atom stereocenters. The van der Waals surface area contributed by atoms with Crippen molar-refractivity contribution in [2.75, 3.05) is 18.1 Å². The van der Waals surface area contributed by atoms with Gasteiger partial charge in [0.05, 0.1) is 29.9 Å². The molecular weight excluding hydrogens is 412 g/mol. The Morgan fingerprint density at radius 1 is 1.23 bits per heavy atom. The van der Waals surface area contributed by atoms with Crippen LogP contribution >= 0.6 is 11.8 Å². The standard InChI is InChI=1S/C23H24N4O3S/c1-4-29-20-9-6-5-8-19(20)21-25-26-23(30-21)31-17(3)22(28)27(15-7-14-24)18-12-10-16(2)11-13-18/h5-6,8-13,17H,4,7,15H2,1-3H3.